The maximum atomic E-state index is 12.1. The van der Waals surface area contributed by atoms with Crippen molar-refractivity contribution in [2.75, 3.05) is 20.2 Å². The fourth-order valence-electron chi connectivity index (χ4n) is 2.43. The molecule has 1 fully saturated rings. The third-order valence-electron chi connectivity index (χ3n) is 3.89. The van der Waals surface area contributed by atoms with Crippen molar-refractivity contribution in [1.29, 1.82) is 5.26 Å². The average Bonchev–Trinajstić information content (AvgIpc) is 2.63. The molecule has 1 saturated heterocycles. The zero-order valence-corrected chi connectivity index (χ0v) is 13.8. The van der Waals surface area contributed by atoms with E-state index >= 15 is 0 Å². The van der Waals surface area contributed by atoms with Crippen molar-refractivity contribution < 1.29 is 14.3 Å². The number of nitrogens with zero attached hydrogens (tertiary/aromatic N) is 3. The number of carbonyl (C=O) groups is 1. The summed E-state index contributed by atoms with van der Waals surface area (Å²) in [5, 5.41) is 11.7. The average molecular weight is 338 g/mol. The number of methoxy groups -OCH3 is 1. The van der Waals surface area contributed by atoms with Crippen LogP contribution in [0.25, 0.3) is 0 Å². The lowest BCUT2D eigenvalue weighted by Gasteiger charge is -2.38. The molecule has 0 aliphatic carbocycles. The van der Waals surface area contributed by atoms with E-state index in [0.717, 1.165) is 11.3 Å². The lowest BCUT2D eigenvalue weighted by Crippen LogP contribution is -2.58. The number of hydrogen-bond acceptors (Lipinski definition) is 5. The van der Waals surface area contributed by atoms with Crippen LogP contribution in [0.1, 0.15) is 11.1 Å². The van der Waals surface area contributed by atoms with Crippen LogP contribution in [0.2, 0.25) is 0 Å². The molecule has 2 aromatic rings. The van der Waals surface area contributed by atoms with Crippen molar-refractivity contribution in [3.8, 4) is 17.7 Å². The lowest BCUT2D eigenvalue weighted by atomic mass is 10.2. The predicted octanol–water partition coefficient (Wildman–Crippen LogP) is 1.93. The molecule has 0 bridgehead atoms. The van der Waals surface area contributed by atoms with Crippen molar-refractivity contribution in [3.05, 3.63) is 53.7 Å². The van der Waals surface area contributed by atoms with Gasteiger partial charge in [-0.25, -0.2) is 9.78 Å². The van der Waals surface area contributed by atoms with Gasteiger partial charge in [0.2, 0.25) is 5.88 Å². The second kappa shape index (κ2) is 7.53. The Morgan fingerprint density at radius 2 is 2.12 bits per heavy atom. The monoisotopic (exact) mass is 338 g/mol. The summed E-state index contributed by atoms with van der Waals surface area (Å²) in [5.41, 5.74) is 1.50. The molecule has 0 saturated carbocycles. The first-order chi connectivity index (χ1) is 12.2. The summed E-state index contributed by atoms with van der Waals surface area (Å²) in [7, 11) is 1.62. The van der Waals surface area contributed by atoms with E-state index in [9.17, 15) is 4.79 Å². The van der Waals surface area contributed by atoms with E-state index in [1.165, 1.54) is 6.20 Å². The highest BCUT2D eigenvalue weighted by atomic mass is 16.5. The molecule has 0 radical (unpaired) electrons. The van der Waals surface area contributed by atoms with Gasteiger partial charge in [0.1, 0.15) is 11.9 Å². The molecular weight excluding hydrogens is 320 g/mol. The number of carbonyl (C=O) groups excluding carboxylic acids is 1. The number of pyridine rings is 1. The van der Waals surface area contributed by atoms with Gasteiger partial charge < -0.3 is 19.7 Å². The number of aromatic nitrogens is 1. The van der Waals surface area contributed by atoms with Gasteiger partial charge >= 0.3 is 6.03 Å². The number of amides is 2. The Kier molecular flexibility index (Phi) is 5.00. The summed E-state index contributed by atoms with van der Waals surface area (Å²) in [6.07, 6.45) is 1.43. The molecule has 0 unspecified atom stereocenters. The minimum atomic E-state index is -0.130. The molecule has 1 aromatic heterocycles. The first-order valence-corrected chi connectivity index (χ1v) is 7.86. The number of benzene rings is 1. The summed E-state index contributed by atoms with van der Waals surface area (Å²) < 4.78 is 10.8. The van der Waals surface area contributed by atoms with Gasteiger partial charge in [-0.1, -0.05) is 12.1 Å². The van der Waals surface area contributed by atoms with Crippen molar-refractivity contribution in [2.45, 2.75) is 12.6 Å². The molecular formula is C18H18N4O3. The van der Waals surface area contributed by atoms with E-state index in [2.05, 4.69) is 10.3 Å². The number of nitriles is 1. The van der Waals surface area contributed by atoms with Crippen LogP contribution in [-0.4, -0.2) is 42.2 Å². The summed E-state index contributed by atoms with van der Waals surface area (Å²) in [6, 6.07) is 12.7. The Balaban J connectivity index is 1.42. The van der Waals surface area contributed by atoms with Gasteiger partial charge in [0.15, 0.2) is 0 Å². The number of ether oxygens (including phenoxy) is 2. The van der Waals surface area contributed by atoms with E-state index in [1.54, 1.807) is 24.1 Å². The first kappa shape index (κ1) is 16.6. The molecule has 1 aromatic carbocycles. The molecule has 25 heavy (non-hydrogen) atoms. The van der Waals surface area contributed by atoms with Crippen molar-refractivity contribution >= 4 is 6.03 Å². The SMILES string of the molecule is COc1ccc(CNC(=O)N2CC(Oc3cc(C#N)ccn3)C2)cc1. The summed E-state index contributed by atoms with van der Waals surface area (Å²) in [5.74, 6) is 1.19. The minimum Gasteiger partial charge on any atom is -0.497 e. The van der Waals surface area contributed by atoms with Crippen molar-refractivity contribution in [1.82, 2.24) is 15.2 Å². The van der Waals surface area contributed by atoms with Gasteiger partial charge in [-0.05, 0) is 23.8 Å². The molecule has 2 amide bonds. The smallest absolute Gasteiger partial charge is 0.317 e. The van der Waals surface area contributed by atoms with Gasteiger partial charge in [-0.3, -0.25) is 0 Å². The molecule has 7 heteroatoms. The summed E-state index contributed by atoms with van der Waals surface area (Å²) in [4.78, 5) is 17.8. The van der Waals surface area contributed by atoms with Gasteiger partial charge in [0, 0.05) is 18.8 Å². The lowest BCUT2D eigenvalue weighted by molar-refractivity contribution is 0.0413. The van der Waals surface area contributed by atoms with E-state index in [4.69, 9.17) is 14.7 Å². The van der Waals surface area contributed by atoms with Gasteiger partial charge in [-0.2, -0.15) is 5.26 Å². The Hall–Kier alpha value is -3.27. The second-order valence-electron chi connectivity index (χ2n) is 5.65. The van der Waals surface area contributed by atoms with E-state index in [1.807, 2.05) is 30.3 Å². The van der Waals surface area contributed by atoms with E-state index < -0.39 is 0 Å². The number of nitrogens with one attached hydrogen (secondary N) is 1. The van der Waals surface area contributed by atoms with Crippen LogP contribution in [0.3, 0.4) is 0 Å². The quantitative estimate of drug-likeness (QED) is 0.900. The fraction of sp³-hybridized carbons (Fsp3) is 0.278. The zero-order chi connectivity index (χ0) is 17.6. The number of hydrogen-bond donors (Lipinski definition) is 1. The Labute approximate surface area is 145 Å². The summed E-state index contributed by atoms with van der Waals surface area (Å²) >= 11 is 0. The number of likely N-dealkylation sites (tertiary alicyclic amines) is 1. The molecule has 1 aliphatic heterocycles. The molecule has 0 spiro atoms. The molecule has 0 atom stereocenters. The fourth-order valence-corrected chi connectivity index (χ4v) is 2.43. The molecule has 2 heterocycles. The standard InChI is InChI=1S/C18H18N4O3/c1-24-15-4-2-13(3-5-15)10-21-18(23)22-11-16(12-22)25-17-8-14(9-19)6-7-20-17/h2-8,16H,10-12H2,1H3,(H,21,23). The highest BCUT2D eigenvalue weighted by Crippen LogP contribution is 2.17. The van der Waals surface area contributed by atoms with Crippen LogP contribution in [0.4, 0.5) is 4.79 Å². The normalized spacial score (nSPS) is 13.5. The predicted molar refractivity (Wildman–Crippen MR) is 90.2 cm³/mol. The van der Waals surface area contributed by atoms with E-state index in [0.29, 0.717) is 31.1 Å². The Bertz CT molecular complexity index is 780. The number of urea groups is 1. The number of rotatable bonds is 5. The third-order valence-corrected chi connectivity index (χ3v) is 3.89. The molecule has 3 rings (SSSR count). The molecule has 1 aliphatic rings. The van der Waals surface area contributed by atoms with Gasteiger partial charge in [0.25, 0.3) is 0 Å². The van der Waals surface area contributed by atoms with Crippen molar-refractivity contribution in [2.24, 2.45) is 0 Å². The Morgan fingerprint density at radius 3 is 2.80 bits per heavy atom. The second-order valence-corrected chi connectivity index (χ2v) is 5.65. The van der Waals surface area contributed by atoms with E-state index in [-0.39, 0.29) is 12.1 Å². The van der Waals surface area contributed by atoms with Crippen LogP contribution >= 0.6 is 0 Å². The molecule has 1 N–H and O–H groups in total. The van der Waals surface area contributed by atoms with Crippen LogP contribution in [0, 0.1) is 11.3 Å². The Morgan fingerprint density at radius 1 is 1.36 bits per heavy atom. The largest absolute Gasteiger partial charge is 0.497 e. The molecule has 7 nitrogen and oxygen atoms in total. The highest BCUT2D eigenvalue weighted by Gasteiger charge is 2.32. The third kappa shape index (κ3) is 4.18. The van der Waals surface area contributed by atoms with Crippen molar-refractivity contribution in [3.63, 3.8) is 0 Å². The highest BCUT2D eigenvalue weighted by molar-refractivity contribution is 5.75. The maximum Gasteiger partial charge on any atom is 0.317 e. The summed E-state index contributed by atoms with van der Waals surface area (Å²) in [6.45, 7) is 1.44. The minimum absolute atomic E-state index is 0.104. The van der Waals surface area contributed by atoms with Crippen LogP contribution in [-0.2, 0) is 6.54 Å². The van der Waals surface area contributed by atoms with Gasteiger partial charge in [-0.15, -0.1) is 0 Å². The van der Waals surface area contributed by atoms with Gasteiger partial charge in [0.05, 0.1) is 31.8 Å². The topological polar surface area (TPSA) is 87.5 Å². The van der Waals surface area contributed by atoms with Crippen LogP contribution in [0.15, 0.2) is 42.6 Å². The maximum absolute atomic E-state index is 12.1. The molecule has 128 valence electrons. The first-order valence-electron chi connectivity index (χ1n) is 7.86. The zero-order valence-electron chi connectivity index (χ0n) is 13.8. The van der Waals surface area contributed by atoms with Crippen LogP contribution < -0.4 is 14.8 Å². The van der Waals surface area contributed by atoms with Crippen LogP contribution in [0.5, 0.6) is 11.6 Å².